The van der Waals surface area contributed by atoms with Gasteiger partial charge in [0.05, 0.1) is 4.88 Å². The van der Waals surface area contributed by atoms with Crippen LogP contribution in [0.2, 0.25) is 0 Å². The Labute approximate surface area is 107 Å². The molecule has 0 saturated carbocycles. The molecule has 2 heterocycles. The Morgan fingerprint density at radius 3 is 2.71 bits per heavy atom. The Balaban J connectivity index is 2.14. The average molecular weight is 252 g/mol. The van der Waals surface area contributed by atoms with Gasteiger partial charge in [-0.05, 0) is 37.3 Å². The number of amides is 1. The Hall–Kier alpha value is -0.870. The van der Waals surface area contributed by atoms with Crippen molar-refractivity contribution in [3.63, 3.8) is 0 Å². The van der Waals surface area contributed by atoms with Crippen LogP contribution in [-0.4, -0.2) is 36.0 Å². The lowest BCUT2D eigenvalue weighted by molar-refractivity contribution is 0.0678. The number of rotatable bonds is 2. The molecule has 3 nitrogen and oxygen atoms in total. The minimum Gasteiger partial charge on any atom is -0.335 e. The second-order valence-electron chi connectivity index (χ2n) is 4.81. The van der Waals surface area contributed by atoms with Crippen molar-refractivity contribution in [2.75, 3.05) is 13.1 Å². The van der Waals surface area contributed by atoms with Crippen molar-refractivity contribution < 1.29 is 4.79 Å². The molecule has 2 rings (SSSR count). The van der Waals surface area contributed by atoms with Crippen LogP contribution in [0.25, 0.3) is 0 Å². The molecule has 2 atom stereocenters. The molecule has 0 aromatic carbocycles. The zero-order valence-corrected chi connectivity index (χ0v) is 11.5. The number of nitrogens with zero attached hydrogens (tertiary/aromatic N) is 1. The fourth-order valence-corrected chi connectivity index (χ4v) is 3.40. The molecule has 1 aliphatic heterocycles. The van der Waals surface area contributed by atoms with Crippen molar-refractivity contribution in [3.05, 3.63) is 21.9 Å². The lowest BCUT2D eigenvalue weighted by Crippen LogP contribution is -2.55. The maximum atomic E-state index is 12.4. The van der Waals surface area contributed by atoms with E-state index in [4.69, 9.17) is 0 Å². The zero-order chi connectivity index (χ0) is 12.4. The summed E-state index contributed by atoms with van der Waals surface area (Å²) in [5, 5.41) is 5.46. The predicted molar refractivity (Wildman–Crippen MR) is 71.7 cm³/mol. The summed E-state index contributed by atoms with van der Waals surface area (Å²) in [5.41, 5.74) is 1.18. The maximum absolute atomic E-state index is 12.4. The third-order valence-corrected chi connectivity index (χ3v) is 4.11. The van der Waals surface area contributed by atoms with Gasteiger partial charge < -0.3 is 10.2 Å². The molecule has 1 aromatic heterocycles. The molecule has 94 valence electrons. The molecule has 0 radical (unpaired) electrons. The van der Waals surface area contributed by atoms with Gasteiger partial charge in [-0.15, -0.1) is 11.3 Å². The summed E-state index contributed by atoms with van der Waals surface area (Å²) in [5.74, 6) is 0.206. The van der Waals surface area contributed by atoms with Crippen molar-refractivity contribution in [2.45, 2.75) is 39.3 Å². The highest BCUT2D eigenvalue weighted by Crippen LogP contribution is 2.20. The van der Waals surface area contributed by atoms with Gasteiger partial charge in [-0.3, -0.25) is 4.79 Å². The number of hydrogen-bond donors (Lipinski definition) is 1. The number of thiophene rings is 1. The number of carbonyl (C=O) groups excluding carboxylic acids is 1. The number of aryl methyl sites for hydroxylation is 1. The first-order valence-electron chi connectivity index (χ1n) is 6.23. The normalized spacial score (nSPS) is 25.0. The molecular formula is C13H20N2OS. The highest BCUT2D eigenvalue weighted by molar-refractivity contribution is 7.12. The van der Waals surface area contributed by atoms with E-state index in [2.05, 4.69) is 32.2 Å². The lowest BCUT2D eigenvalue weighted by atomic mass is 10.1. The Bertz CT molecular complexity index is 392. The molecule has 0 spiro atoms. The van der Waals surface area contributed by atoms with Crippen molar-refractivity contribution in [1.29, 1.82) is 0 Å². The number of hydrogen-bond acceptors (Lipinski definition) is 3. The first-order valence-corrected chi connectivity index (χ1v) is 7.11. The third-order valence-electron chi connectivity index (χ3n) is 3.17. The molecule has 1 aliphatic rings. The molecule has 1 N–H and O–H groups in total. The number of nitrogens with one attached hydrogen (secondary N) is 1. The van der Waals surface area contributed by atoms with Crippen molar-refractivity contribution in [3.8, 4) is 0 Å². The highest BCUT2D eigenvalue weighted by Gasteiger charge is 2.27. The number of carbonyl (C=O) groups is 1. The van der Waals surface area contributed by atoms with Crippen LogP contribution < -0.4 is 5.32 Å². The molecule has 1 amide bonds. The molecule has 0 bridgehead atoms. The molecular weight excluding hydrogens is 232 g/mol. The average Bonchev–Trinajstić information content (AvgIpc) is 2.74. The van der Waals surface area contributed by atoms with E-state index in [9.17, 15) is 4.79 Å². The van der Waals surface area contributed by atoms with Crippen LogP contribution in [-0.2, 0) is 6.42 Å². The largest absolute Gasteiger partial charge is 0.335 e. The fourth-order valence-electron chi connectivity index (χ4n) is 2.44. The minimum atomic E-state index is 0.206. The summed E-state index contributed by atoms with van der Waals surface area (Å²) in [4.78, 5) is 15.3. The van der Waals surface area contributed by atoms with E-state index < -0.39 is 0 Å². The number of piperazine rings is 1. The van der Waals surface area contributed by atoms with Gasteiger partial charge in [-0.1, -0.05) is 6.92 Å². The molecule has 0 aliphatic carbocycles. The molecule has 1 fully saturated rings. The topological polar surface area (TPSA) is 32.3 Å². The van der Waals surface area contributed by atoms with E-state index >= 15 is 0 Å². The Kier molecular flexibility index (Phi) is 3.84. The van der Waals surface area contributed by atoms with Crippen LogP contribution in [0.1, 0.15) is 36.0 Å². The first kappa shape index (κ1) is 12.6. The van der Waals surface area contributed by atoms with Gasteiger partial charge in [0.1, 0.15) is 0 Å². The lowest BCUT2D eigenvalue weighted by Gasteiger charge is -2.36. The highest BCUT2D eigenvalue weighted by atomic mass is 32.1. The van der Waals surface area contributed by atoms with Gasteiger partial charge in [0.15, 0.2) is 0 Å². The van der Waals surface area contributed by atoms with Gasteiger partial charge in [-0.2, -0.15) is 0 Å². The molecule has 4 heteroatoms. The van der Waals surface area contributed by atoms with Gasteiger partial charge in [-0.25, -0.2) is 0 Å². The van der Waals surface area contributed by atoms with Gasteiger partial charge in [0, 0.05) is 25.2 Å². The van der Waals surface area contributed by atoms with Gasteiger partial charge in [0.25, 0.3) is 5.91 Å². The summed E-state index contributed by atoms with van der Waals surface area (Å²) in [6.45, 7) is 7.98. The van der Waals surface area contributed by atoms with Crippen LogP contribution in [0.5, 0.6) is 0 Å². The summed E-state index contributed by atoms with van der Waals surface area (Å²) < 4.78 is 0. The zero-order valence-electron chi connectivity index (χ0n) is 10.7. The summed E-state index contributed by atoms with van der Waals surface area (Å²) >= 11 is 1.57. The summed E-state index contributed by atoms with van der Waals surface area (Å²) in [6.07, 6.45) is 0.932. The van der Waals surface area contributed by atoms with Crippen molar-refractivity contribution >= 4 is 17.2 Å². The minimum absolute atomic E-state index is 0.206. The van der Waals surface area contributed by atoms with E-state index in [1.807, 2.05) is 10.3 Å². The van der Waals surface area contributed by atoms with Gasteiger partial charge >= 0.3 is 0 Å². The predicted octanol–water partition coefficient (Wildman–Crippen LogP) is 2.13. The summed E-state index contributed by atoms with van der Waals surface area (Å²) in [7, 11) is 0. The Morgan fingerprint density at radius 1 is 1.47 bits per heavy atom. The van der Waals surface area contributed by atoms with Crippen LogP contribution >= 0.6 is 11.3 Å². The van der Waals surface area contributed by atoms with E-state index in [0.29, 0.717) is 12.1 Å². The first-order chi connectivity index (χ1) is 8.11. The molecule has 1 aromatic rings. The maximum Gasteiger partial charge on any atom is 0.264 e. The third kappa shape index (κ3) is 2.69. The van der Waals surface area contributed by atoms with Crippen LogP contribution in [0, 0.1) is 0 Å². The van der Waals surface area contributed by atoms with Crippen molar-refractivity contribution in [2.24, 2.45) is 0 Å². The SMILES string of the molecule is CCc1ccsc1C(=O)N1C[C@@H](C)N[C@@H](C)C1. The second-order valence-corrected chi connectivity index (χ2v) is 5.72. The van der Waals surface area contributed by atoms with Crippen LogP contribution in [0.3, 0.4) is 0 Å². The van der Waals surface area contributed by atoms with Gasteiger partial charge in [0.2, 0.25) is 0 Å². The van der Waals surface area contributed by atoms with Crippen LogP contribution in [0.15, 0.2) is 11.4 Å². The molecule has 0 unspecified atom stereocenters. The van der Waals surface area contributed by atoms with E-state index in [0.717, 1.165) is 24.4 Å². The fraction of sp³-hybridized carbons (Fsp3) is 0.615. The van der Waals surface area contributed by atoms with Crippen LogP contribution in [0.4, 0.5) is 0 Å². The monoisotopic (exact) mass is 252 g/mol. The second kappa shape index (κ2) is 5.19. The van der Waals surface area contributed by atoms with E-state index in [1.54, 1.807) is 11.3 Å². The quantitative estimate of drug-likeness (QED) is 0.874. The molecule has 17 heavy (non-hydrogen) atoms. The molecule has 1 saturated heterocycles. The standard InChI is InChI=1S/C13H20N2OS/c1-4-11-5-6-17-12(11)13(16)15-7-9(2)14-10(3)8-15/h5-6,9-10,14H,4,7-8H2,1-3H3/t9-,10+. The smallest absolute Gasteiger partial charge is 0.264 e. The Morgan fingerprint density at radius 2 is 2.12 bits per heavy atom. The summed E-state index contributed by atoms with van der Waals surface area (Å²) in [6, 6.07) is 2.83. The van der Waals surface area contributed by atoms with E-state index in [1.165, 1.54) is 5.56 Å². The van der Waals surface area contributed by atoms with E-state index in [-0.39, 0.29) is 5.91 Å². The van der Waals surface area contributed by atoms with Crippen molar-refractivity contribution in [1.82, 2.24) is 10.2 Å².